The van der Waals surface area contributed by atoms with Crippen LogP contribution < -0.4 is 0 Å². The Morgan fingerprint density at radius 2 is 1.88 bits per heavy atom. The summed E-state index contributed by atoms with van der Waals surface area (Å²) in [6.45, 7) is 1.66. The second-order valence-corrected chi connectivity index (χ2v) is 9.37. The van der Waals surface area contributed by atoms with E-state index in [1.54, 1.807) is 16.8 Å². The third-order valence-corrected chi connectivity index (χ3v) is 6.42. The maximum Gasteiger partial charge on any atom is 0.296 e. The molecule has 1 N–H and O–H groups in total. The largest absolute Gasteiger partial charge is 0.396 e. The van der Waals surface area contributed by atoms with Gasteiger partial charge in [-0.2, -0.15) is 13.5 Å². The van der Waals surface area contributed by atoms with Crippen LogP contribution >= 0.6 is 0 Å². The van der Waals surface area contributed by atoms with E-state index in [-0.39, 0.29) is 30.4 Å². The van der Waals surface area contributed by atoms with Gasteiger partial charge < -0.3 is 5.11 Å². The van der Waals surface area contributed by atoms with Crippen LogP contribution in [0.1, 0.15) is 17.5 Å². The van der Waals surface area contributed by atoms with E-state index in [9.17, 15) is 22.3 Å². The van der Waals surface area contributed by atoms with Gasteiger partial charge in [-0.1, -0.05) is 23.8 Å². The lowest BCUT2D eigenvalue weighted by Gasteiger charge is -2.22. The first kappa shape index (κ1) is 24.0. The molecule has 0 spiro atoms. The van der Waals surface area contributed by atoms with E-state index in [4.69, 9.17) is 4.18 Å². The van der Waals surface area contributed by atoms with Gasteiger partial charge >= 0.3 is 0 Å². The molecular weight excluding hydrogens is 440 g/mol. The zero-order valence-corrected chi connectivity index (χ0v) is 18.4. The molecule has 0 radical (unpaired) electrons. The van der Waals surface area contributed by atoms with Crippen molar-refractivity contribution in [1.29, 1.82) is 0 Å². The lowest BCUT2D eigenvalue weighted by atomic mass is 9.89. The zero-order chi connectivity index (χ0) is 23.1. The minimum absolute atomic E-state index is 0.0346. The van der Waals surface area contributed by atoms with Gasteiger partial charge in [0.05, 0.1) is 11.5 Å². The Kier molecular flexibility index (Phi) is 8.05. The highest BCUT2D eigenvalue weighted by molar-refractivity contribution is 7.86. The van der Waals surface area contributed by atoms with E-state index < -0.39 is 27.7 Å². The van der Waals surface area contributed by atoms with Crippen LogP contribution in [0.3, 0.4) is 0 Å². The predicted octanol–water partition coefficient (Wildman–Crippen LogP) is 3.13. The number of hydrogen-bond acceptors (Lipinski definition) is 6. The van der Waals surface area contributed by atoms with Crippen LogP contribution in [-0.2, 0) is 27.3 Å². The molecule has 7 nitrogen and oxygen atoms in total. The first-order chi connectivity index (χ1) is 15.3. The van der Waals surface area contributed by atoms with Crippen molar-refractivity contribution in [3.05, 3.63) is 77.9 Å². The molecule has 0 saturated heterocycles. The summed E-state index contributed by atoms with van der Waals surface area (Å²) in [6.07, 6.45) is 3.46. The normalized spacial score (nSPS) is 13.8. The van der Waals surface area contributed by atoms with Gasteiger partial charge in [0.2, 0.25) is 0 Å². The van der Waals surface area contributed by atoms with Crippen molar-refractivity contribution in [2.75, 3.05) is 13.2 Å². The van der Waals surface area contributed by atoms with Gasteiger partial charge in [0, 0.05) is 25.1 Å². The van der Waals surface area contributed by atoms with E-state index in [0.29, 0.717) is 18.5 Å². The molecule has 172 valence electrons. The fraction of sp³-hybridized carbons (Fsp3) is 0.364. The Bertz CT molecular complexity index is 1110. The lowest BCUT2D eigenvalue weighted by Crippen LogP contribution is -2.24. The third kappa shape index (κ3) is 6.65. The molecule has 0 bridgehead atoms. The number of aryl methyl sites for hydroxylation is 1. The van der Waals surface area contributed by atoms with Crippen molar-refractivity contribution in [3.8, 4) is 0 Å². The van der Waals surface area contributed by atoms with Gasteiger partial charge in [-0.3, -0.25) is 8.86 Å². The molecule has 0 fully saturated rings. The number of hydrogen-bond donors (Lipinski definition) is 1. The van der Waals surface area contributed by atoms with Crippen LogP contribution in [0.15, 0.2) is 60.0 Å². The SMILES string of the molecule is Cc1ccc(S(=O)(=O)OC[C@H](CO)C[C@H](Cc2ccc(F)cc2F)Cn2cncn2)cc1. The molecule has 0 saturated carbocycles. The number of rotatable bonds is 11. The van der Waals surface area contributed by atoms with Crippen LogP contribution in [0.2, 0.25) is 0 Å². The zero-order valence-electron chi connectivity index (χ0n) is 17.6. The van der Waals surface area contributed by atoms with Crippen LogP contribution in [-0.4, -0.2) is 41.5 Å². The molecule has 0 amide bonds. The maximum absolute atomic E-state index is 14.2. The number of aliphatic hydroxyl groups excluding tert-OH is 1. The Balaban J connectivity index is 1.70. The number of aliphatic hydroxyl groups is 1. The number of nitrogens with zero attached hydrogens (tertiary/aromatic N) is 3. The van der Waals surface area contributed by atoms with Gasteiger partial charge in [-0.05, 0) is 49.4 Å². The average molecular weight is 466 g/mol. The summed E-state index contributed by atoms with van der Waals surface area (Å²) in [6, 6.07) is 9.66. The first-order valence-corrected chi connectivity index (χ1v) is 11.5. The summed E-state index contributed by atoms with van der Waals surface area (Å²) in [5.41, 5.74) is 1.24. The lowest BCUT2D eigenvalue weighted by molar-refractivity contribution is 0.139. The molecule has 1 aromatic heterocycles. The van der Waals surface area contributed by atoms with Crippen LogP contribution in [0.25, 0.3) is 0 Å². The molecule has 0 aliphatic heterocycles. The summed E-state index contributed by atoms with van der Waals surface area (Å²) in [7, 11) is -3.98. The second kappa shape index (κ2) is 10.8. The number of aromatic nitrogens is 3. The van der Waals surface area contributed by atoms with Crippen molar-refractivity contribution >= 4 is 10.1 Å². The summed E-state index contributed by atoms with van der Waals surface area (Å²) >= 11 is 0. The highest BCUT2D eigenvalue weighted by atomic mass is 32.2. The van der Waals surface area contributed by atoms with Gasteiger partial charge in [-0.15, -0.1) is 0 Å². The Morgan fingerprint density at radius 1 is 1.12 bits per heavy atom. The maximum atomic E-state index is 14.2. The first-order valence-electron chi connectivity index (χ1n) is 10.1. The van der Waals surface area contributed by atoms with Crippen LogP contribution in [0.4, 0.5) is 8.78 Å². The molecule has 3 aromatic rings. The van der Waals surface area contributed by atoms with Crippen molar-refractivity contribution in [3.63, 3.8) is 0 Å². The van der Waals surface area contributed by atoms with E-state index in [2.05, 4.69) is 10.1 Å². The van der Waals surface area contributed by atoms with Crippen molar-refractivity contribution in [1.82, 2.24) is 14.8 Å². The third-order valence-electron chi connectivity index (χ3n) is 5.13. The van der Waals surface area contributed by atoms with Crippen molar-refractivity contribution in [2.24, 2.45) is 11.8 Å². The summed E-state index contributed by atoms with van der Waals surface area (Å²) in [5.74, 6) is -2.08. The standard InChI is InChI=1S/C22H25F2N3O4S/c1-16-2-6-21(7-3-16)32(29,30)31-13-18(12-28)8-17(11-27-15-25-14-26-27)9-19-4-5-20(23)10-22(19)24/h2-7,10,14-15,17-18,28H,8-9,11-13H2,1H3/t17-,18+/m1/s1. The molecule has 0 aliphatic carbocycles. The van der Waals surface area contributed by atoms with Gasteiger partial charge in [-0.25, -0.2) is 13.8 Å². The molecule has 2 aromatic carbocycles. The van der Waals surface area contributed by atoms with E-state index in [0.717, 1.165) is 11.6 Å². The summed E-state index contributed by atoms with van der Waals surface area (Å²) in [4.78, 5) is 3.93. The average Bonchev–Trinajstić information content (AvgIpc) is 3.26. The molecule has 10 heteroatoms. The monoisotopic (exact) mass is 465 g/mol. The minimum Gasteiger partial charge on any atom is -0.396 e. The van der Waals surface area contributed by atoms with E-state index in [1.165, 1.54) is 36.9 Å². The molecule has 0 unspecified atom stereocenters. The van der Waals surface area contributed by atoms with E-state index >= 15 is 0 Å². The molecular formula is C22H25F2N3O4S. The summed E-state index contributed by atoms with van der Waals surface area (Å²) < 4.78 is 59.1. The van der Waals surface area contributed by atoms with Gasteiger partial charge in [0.1, 0.15) is 24.3 Å². The van der Waals surface area contributed by atoms with Crippen molar-refractivity contribution < 1.29 is 26.5 Å². The quantitative estimate of drug-likeness (QED) is 0.437. The fourth-order valence-corrected chi connectivity index (χ4v) is 4.41. The summed E-state index contributed by atoms with van der Waals surface area (Å²) in [5, 5.41) is 13.9. The molecule has 1 heterocycles. The minimum atomic E-state index is -3.98. The topological polar surface area (TPSA) is 94.3 Å². The van der Waals surface area contributed by atoms with Crippen LogP contribution in [0.5, 0.6) is 0 Å². The Hall–Kier alpha value is -2.69. The Labute approximate surface area is 185 Å². The van der Waals surface area contributed by atoms with Gasteiger partial charge in [0.25, 0.3) is 10.1 Å². The van der Waals surface area contributed by atoms with E-state index in [1.807, 2.05) is 6.92 Å². The van der Waals surface area contributed by atoms with Crippen molar-refractivity contribution in [2.45, 2.75) is 31.2 Å². The Morgan fingerprint density at radius 3 is 2.50 bits per heavy atom. The molecule has 0 aliphatic rings. The highest BCUT2D eigenvalue weighted by Gasteiger charge is 2.23. The molecule has 2 atom stereocenters. The fourth-order valence-electron chi connectivity index (χ4n) is 3.44. The molecule has 3 rings (SSSR count). The highest BCUT2D eigenvalue weighted by Crippen LogP contribution is 2.23. The second-order valence-electron chi connectivity index (χ2n) is 7.76. The molecule has 32 heavy (non-hydrogen) atoms. The predicted molar refractivity (Wildman–Crippen MR) is 113 cm³/mol. The number of halogens is 2. The number of benzene rings is 2. The smallest absolute Gasteiger partial charge is 0.296 e. The van der Waals surface area contributed by atoms with Crippen LogP contribution in [0, 0.1) is 30.4 Å². The van der Waals surface area contributed by atoms with Gasteiger partial charge in [0.15, 0.2) is 0 Å².